The average molecular weight is 352 g/mol. The van der Waals surface area contributed by atoms with Crippen molar-refractivity contribution >= 4 is 29.7 Å². The molecule has 8 heteroatoms. The second kappa shape index (κ2) is 9.29. The number of thioether (sulfide) groups is 1. The summed E-state index contributed by atoms with van der Waals surface area (Å²) in [7, 11) is 1.39. The molecule has 1 saturated heterocycles. The molecule has 0 radical (unpaired) electrons. The van der Waals surface area contributed by atoms with Crippen LogP contribution in [0.15, 0.2) is 29.2 Å². The van der Waals surface area contributed by atoms with Gasteiger partial charge in [0.2, 0.25) is 0 Å². The van der Waals surface area contributed by atoms with Crippen molar-refractivity contribution in [3.05, 3.63) is 29.8 Å². The van der Waals surface area contributed by atoms with Gasteiger partial charge in [0.25, 0.3) is 5.91 Å². The number of hydrogen-bond donors (Lipinski definition) is 2. The highest BCUT2D eigenvalue weighted by molar-refractivity contribution is 7.99. The molecule has 1 aromatic rings. The van der Waals surface area contributed by atoms with E-state index in [1.807, 2.05) is 17.4 Å². The zero-order valence-corrected chi connectivity index (χ0v) is 14.2. The standard InChI is InChI=1S/C16H20N2O5S/c1-17-16(21)18-14(19)9-23-15(20)12-6-2-3-7-13(12)24-10-11-5-4-8-22-11/h2-3,6-7,11H,4-5,8-10H2,1H3,(H2,17,18,19,21)/t11-/m0/s1. The van der Waals surface area contributed by atoms with Crippen LogP contribution in [0.1, 0.15) is 23.2 Å². The molecule has 1 atom stereocenters. The molecule has 0 bridgehead atoms. The van der Waals surface area contributed by atoms with Gasteiger partial charge in [0.1, 0.15) is 0 Å². The Labute approximate surface area is 144 Å². The van der Waals surface area contributed by atoms with Gasteiger partial charge in [-0.05, 0) is 25.0 Å². The Hall–Kier alpha value is -2.06. The summed E-state index contributed by atoms with van der Waals surface area (Å²) in [6, 6.07) is 6.41. The predicted molar refractivity (Wildman–Crippen MR) is 89.0 cm³/mol. The SMILES string of the molecule is CNC(=O)NC(=O)COC(=O)c1ccccc1SC[C@@H]1CCCO1. The number of amides is 3. The minimum Gasteiger partial charge on any atom is -0.452 e. The molecule has 0 saturated carbocycles. The van der Waals surface area contributed by atoms with Gasteiger partial charge in [0.05, 0.1) is 11.7 Å². The van der Waals surface area contributed by atoms with Crippen LogP contribution in [-0.2, 0) is 14.3 Å². The lowest BCUT2D eigenvalue weighted by molar-refractivity contribution is -0.123. The lowest BCUT2D eigenvalue weighted by atomic mass is 10.2. The molecule has 24 heavy (non-hydrogen) atoms. The number of carbonyl (C=O) groups excluding carboxylic acids is 3. The van der Waals surface area contributed by atoms with E-state index in [0.717, 1.165) is 30.1 Å². The number of hydrogen-bond acceptors (Lipinski definition) is 6. The number of rotatable bonds is 6. The minimum absolute atomic E-state index is 0.206. The van der Waals surface area contributed by atoms with E-state index >= 15 is 0 Å². The number of nitrogens with one attached hydrogen (secondary N) is 2. The van der Waals surface area contributed by atoms with Gasteiger partial charge in [0, 0.05) is 24.3 Å². The number of imide groups is 1. The molecule has 2 rings (SSSR count). The molecule has 7 nitrogen and oxygen atoms in total. The first-order valence-corrected chi connectivity index (χ1v) is 8.61. The Morgan fingerprint density at radius 3 is 2.83 bits per heavy atom. The van der Waals surface area contributed by atoms with Crippen LogP contribution in [0.25, 0.3) is 0 Å². The van der Waals surface area contributed by atoms with Crippen molar-refractivity contribution in [1.82, 2.24) is 10.6 Å². The summed E-state index contributed by atoms with van der Waals surface area (Å²) in [5.74, 6) is -0.522. The molecular weight excluding hydrogens is 332 g/mol. The summed E-state index contributed by atoms with van der Waals surface area (Å²) in [4.78, 5) is 35.4. The van der Waals surface area contributed by atoms with E-state index in [2.05, 4.69) is 5.32 Å². The molecule has 1 aliphatic rings. The van der Waals surface area contributed by atoms with Crippen LogP contribution in [0.5, 0.6) is 0 Å². The maximum absolute atomic E-state index is 12.2. The highest BCUT2D eigenvalue weighted by atomic mass is 32.2. The number of benzene rings is 1. The van der Waals surface area contributed by atoms with Gasteiger partial charge >= 0.3 is 12.0 Å². The third-order valence-electron chi connectivity index (χ3n) is 3.37. The predicted octanol–water partition coefficient (Wildman–Crippen LogP) is 1.57. The minimum atomic E-state index is -0.688. The molecule has 0 aliphatic carbocycles. The van der Waals surface area contributed by atoms with Crippen LogP contribution >= 0.6 is 11.8 Å². The number of esters is 1. The number of carbonyl (C=O) groups is 3. The van der Waals surface area contributed by atoms with Crippen LogP contribution in [0.3, 0.4) is 0 Å². The summed E-state index contributed by atoms with van der Waals surface area (Å²) in [5, 5.41) is 4.27. The van der Waals surface area contributed by atoms with E-state index in [9.17, 15) is 14.4 Å². The normalized spacial score (nSPS) is 16.5. The van der Waals surface area contributed by atoms with Crippen molar-refractivity contribution in [2.75, 3.05) is 26.0 Å². The van der Waals surface area contributed by atoms with Gasteiger partial charge in [-0.2, -0.15) is 0 Å². The van der Waals surface area contributed by atoms with Gasteiger partial charge in [-0.3, -0.25) is 10.1 Å². The van der Waals surface area contributed by atoms with Crippen molar-refractivity contribution in [2.24, 2.45) is 0 Å². The summed E-state index contributed by atoms with van der Waals surface area (Å²) in [5.41, 5.74) is 0.397. The smallest absolute Gasteiger partial charge is 0.339 e. The van der Waals surface area contributed by atoms with Crippen molar-refractivity contribution in [3.63, 3.8) is 0 Å². The topological polar surface area (TPSA) is 93.7 Å². The maximum atomic E-state index is 12.2. The van der Waals surface area contributed by atoms with Crippen molar-refractivity contribution < 1.29 is 23.9 Å². The first kappa shape index (κ1) is 18.3. The van der Waals surface area contributed by atoms with Crippen LogP contribution < -0.4 is 10.6 Å². The van der Waals surface area contributed by atoms with Crippen LogP contribution in [-0.4, -0.2) is 50.0 Å². The molecular formula is C16H20N2O5S. The summed E-state index contributed by atoms with van der Waals surface area (Å²) in [6.45, 7) is 0.270. The average Bonchev–Trinajstić information content (AvgIpc) is 3.11. The van der Waals surface area contributed by atoms with Crippen LogP contribution in [0, 0.1) is 0 Å². The van der Waals surface area contributed by atoms with E-state index in [1.54, 1.807) is 12.1 Å². The van der Waals surface area contributed by atoms with Gasteiger partial charge in [0.15, 0.2) is 6.61 Å². The molecule has 130 valence electrons. The van der Waals surface area contributed by atoms with Crippen LogP contribution in [0.4, 0.5) is 4.79 Å². The second-order valence-corrected chi connectivity index (χ2v) is 6.21. The molecule has 0 spiro atoms. The Morgan fingerprint density at radius 1 is 1.33 bits per heavy atom. The van der Waals surface area contributed by atoms with E-state index in [4.69, 9.17) is 9.47 Å². The first-order chi connectivity index (χ1) is 11.6. The Morgan fingerprint density at radius 2 is 2.12 bits per heavy atom. The zero-order valence-electron chi connectivity index (χ0n) is 13.4. The quantitative estimate of drug-likeness (QED) is 0.596. The van der Waals surface area contributed by atoms with E-state index in [0.29, 0.717) is 5.56 Å². The fourth-order valence-corrected chi connectivity index (χ4v) is 3.26. The van der Waals surface area contributed by atoms with Gasteiger partial charge in [-0.15, -0.1) is 11.8 Å². The van der Waals surface area contributed by atoms with Gasteiger partial charge < -0.3 is 14.8 Å². The monoisotopic (exact) mass is 352 g/mol. The molecule has 0 unspecified atom stereocenters. The van der Waals surface area contributed by atoms with Gasteiger partial charge in [-0.1, -0.05) is 12.1 Å². The summed E-state index contributed by atoms with van der Waals surface area (Å²) >= 11 is 1.53. The fourth-order valence-electron chi connectivity index (χ4n) is 2.15. The number of ether oxygens (including phenoxy) is 2. The molecule has 1 aliphatic heterocycles. The Bertz CT molecular complexity index is 602. The highest BCUT2D eigenvalue weighted by Crippen LogP contribution is 2.27. The first-order valence-electron chi connectivity index (χ1n) is 7.62. The molecule has 3 amide bonds. The lowest BCUT2D eigenvalue weighted by Gasteiger charge is -2.12. The third kappa shape index (κ3) is 5.54. The fraction of sp³-hybridized carbons (Fsp3) is 0.438. The van der Waals surface area contributed by atoms with Crippen molar-refractivity contribution in [2.45, 2.75) is 23.8 Å². The third-order valence-corrected chi connectivity index (χ3v) is 4.58. The lowest BCUT2D eigenvalue weighted by Crippen LogP contribution is -2.39. The van der Waals surface area contributed by atoms with Crippen molar-refractivity contribution in [1.29, 1.82) is 0 Å². The molecule has 1 heterocycles. The molecule has 2 N–H and O–H groups in total. The number of urea groups is 1. The Kier molecular flexibility index (Phi) is 7.07. The largest absolute Gasteiger partial charge is 0.452 e. The summed E-state index contributed by atoms with van der Waals surface area (Å²) < 4.78 is 10.5. The molecule has 1 aromatic carbocycles. The van der Waals surface area contributed by atoms with Crippen LogP contribution in [0.2, 0.25) is 0 Å². The highest BCUT2D eigenvalue weighted by Gasteiger charge is 2.19. The maximum Gasteiger partial charge on any atom is 0.339 e. The van der Waals surface area contributed by atoms with E-state index in [1.165, 1.54) is 18.8 Å². The van der Waals surface area contributed by atoms with E-state index < -0.39 is 24.5 Å². The van der Waals surface area contributed by atoms with E-state index in [-0.39, 0.29) is 6.10 Å². The van der Waals surface area contributed by atoms with Gasteiger partial charge in [-0.25, -0.2) is 9.59 Å². The zero-order chi connectivity index (χ0) is 17.4. The Balaban J connectivity index is 1.88. The second-order valence-electron chi connectivity index (χ2n) is 5.15. The molecule has 1 fully saturated rings. The van der Waals surface area contributed by atoms with Crippen molar-refractivity contribution in [3.8, 4) is 0 Å². The summed E-state index contributed by atoms with van der Waals surface area (Å²) in [6.07, 6.45) is 2.30. The molecule has 0 aromatic heterocycles.